The first kappa shape index (κ1) is 13.2. The molecule has 2 unspecified atom stereocenters. The zero-order chi connectivity index (χ0) is 13.9. The topological polar surface area (TPSA) is 51.0 Å². The van der Waals surface area contributed by atoms with Crippen LogP contribution >= 0.6 is 0 Å². The van der Waals surface area contributed by atoms with Crippen molar-refractivity contribution in [1.29, 1.82) is 0 Å². The standard InChI is InChI=1S/C16H21N3O/c1-3-12-5-4-6-15(12)18-14-8-7-13(9-11(14)2)16-19-17-10-20-16/h7-10,12,15,18H,3-6H2,1-2H3. The van der Waals surface area contributed by atoms with Crippen molar-refractivity contribution in [3.63, 3.8) is 0 Å². The van der Waals surface area contributed by atoms with Gasteiger partial charge in [0.1, 0.15) is 0 Å². The normalized spacial score (nSPS) is 22.1. The Morgan fingerprint density at radius 3 is 2.95 bits per heavy atom. The third-order valence-electron chi connectivity index (χ3n) is 4.36. The summed E-state index contributed by atoms with van der Waals surface area (Å²) in [5, 5.41) is 11.4. The molecule has 4 nitrogen and oxygen atoms in total. The van der Waals surface area contributed by atoms with Crippen LogP contribution in [0, 0.1) is 12.8 Å². The molecular weight excluding hydrogens is 250 g/mol. The largest absolute Gasteiger partial charge is 0.423 e. The maximum atomic E-state index is 5.24. The lowest BCUT2D eigenvalue weighted by Gasteiger charge is -2.22. The number of aromatic nitrogens is 2. The van der Waals surface area contributed by atoms with E-state index in [0.717, 1.165) is 11.5 Å². The number of hydrogen-bond acceptors (Lipinski definition) is 4. The number of nitrogens with zero attached hydrogens (tertiary/aromatic N) is 2. The predicted molar refractivity (Wildman–Crippen MR) is 79.5 cm³/mol. The van der Waals surface area contributed by atoms with E-state index >= 15 is 0 Å². The predicted octanol–water partition coefficient (Wildman–Crippen LogP) is 4.04. The molecule has 2 atom stereocenters. The van der Waals surface area contributed by atoms with Gasteiger partial charge in [-0.2, -0.15) is 0 Å². The van der Waals surface area contributed by atoms with Gasteiger partial charge in [-0.05, 0) is 49.4 Å². The van der Waals surface area contributed by atoms with E-state index in [-0.39, 0.29) is 0 Å². The Morgan fingerprint density at radius 2 is 2.25 bits per heavy atom. The number of nitrogens with one attached hydrogen (secondary N) is 1. The van der Waals surface area contributed by atoms with Gasteiger partial charge in [-0.3, -0.25) is 0 Å². The molecule has 0 saturated heterocycles. The zero-order valence-corrected chi connectivity index (χ0v) is 12.1. The summed E-state index contributed by atoms with van der Waals surface area (Å²) in [5.74, 6) is 1.39. The van der Waals surface area contributed by atoms with E-state index in [1.54, 1.807) is 0 Å². The lowest BCUT2D eigenvalue weighted by Crippen LogP contribution is -2.23. The van der Waals surface area contributed by atoms with Crippen molar-refractivity contribution in [3.8, 4) is 11.5 Å². The van der Waals surface area contributed by atoms with Gasteiger partial charge in [0, 0.05) is 17.3 Å². The van der Waals surface area contributed by atoms with Crippen molar-refractivity contribution in [2.24, 2.45) is 5.92 Å². The van der Waals surface area contributed by atoms with E-state index in [2.05, 4.69) is 41.5 Å². The summed E-state index contributed by atoms with van der Waals surface area (Å²) in [7, 11) is 0. The smallest absolute Gasteiger partial charge is 0.247 e. The first-order chi connectivity index (χ1) is 9.78. The number of aryl methyl sites for hydroxylation is 1. The summed E-state index contributed by atoms with van der Waals surface area (Å²) in [6, 6.07) is 6.89. The second-order valence-corrected chi connectivity index (χ2v) is 5.62. The van der Waals surface area contributed by atoms with Crippen LogP contribution in [0.2, 0.25) is 0 Å². The summed E-state index contributed by atoms with van der Waals surface area (Å²) < 4.78 is 5.24. The second-order valence-electron chi connectivity index (χ2n) is 5.62. The summed E-state index contributed by atoms with van der Waals surface area (Å²) in [6.07, 6.45) is 6.60. The van der Waals surface area contributed by atoms with Gasteiger partial charge in [0.15, 0.2) is 0 Å². The van der Waals surface area contributed by atoms with E-state index in [0.29, 0.717) is 11.9 Å². The minimum absolute atomic E-state index is 0.576. The van der Waals surface area contributed by atoms with Crippen LogP contribution in [0.5, 0.6) is 0 Å². The molecule has 1 aliphatic carbocycles. The van der Waals surface area contributed by atoms with Crippen LogP contribution in [-0.2, 0) is 0 Å². The van der Waals surface area contributed by atoms with Crippen molar-refractivity contribution < 1.29 is 4.42 Å². The van der Waals surface area contributed by atoms with Crippen molar-refractivity contribution in [3.05, 3.63) is 30.2 Å². The molecule has 0 spiro atoms. The number of rotatable bonds is 4. The molecule has 4 heteroatoms. The lowest BCUT2D eigenvalue weighted by atomic mass is 9.99. The van der Waals surface area contributed by atoms with Crippen molar-refractivity contribution in [2.75, 3.05) is 5.32 Å². The Labute approximate surface area is 119 Å². The van der Waals surface area contributed by atoms with Crippen molar-refractivity contribution >= 4 is 5.69 Å². The Kier molecular flexibility index (Phi) is 3.72. The molecule has 1 aromatic carbocycles. The van der Waals surface area contributed by atoms with Crippen LogP contribution < -0.4 is 5.32 Å². The first-order valence-corrected chi connectivity index (χ1v) is 7.41. The fraction of sp³-hybridized carbons (Fsp3) is 0.500. The molecule has 0 bridgehead atoms. The third-order valence-corrected chi connectivity index (χ3v) is 4.36. The molecule has 1 heterocycles. The van der Waals surface area contributed by atoms with E-state index in [1.165, 1.54) is 43.3 Å². The molecular formula is C16H21N3O. The Morgan fingerprint density at radius 1 is 1.35 bits per heavy atom. The molecule has 3 rings (SSSR count). The highest BCUT2D eigenvalue weighted by Gasteiger charge is 2.25. The zero-order valence-electron chi connectivity index (χ0n) is 12.1. The highest BCUT2D eigenvalue weighted by Crippen LogP contribution is 2.32. The van der Waals surface area contributed by atoms with Gasteiger partial charge in [-0.15, -0.1) is 10.2 Å². The maximum Gasteiger partial charge on any atom is 0.247 e. The summed E-state index contributed by atoms with van der Waals surface area (Å²) in [5.41, 5.74) is 3.42. The molecule has 20 heavy (non-hydrogen) atoms. The van der Waals surface area contributed by atoms with Gasteiger partial charge in [0.2, 0.25) is 12.3 Å². The Hall–Kier alpha value is -1.84. The second kappa shape index (κ2) is 5.65. The fourth-order valence-corrected chi connectivity index (χ4v) is 3.17. The van der Waals surface area contributed by atoms with Crippen LogP contribution in [0.3, 0.4) is 0 Å². The summed E-state index contributed by atoms with van der Waals surface area (Å²) in [4.78, 5) is 0. The van der Waals surface area contributed by atoms with Crippen LogP contribution in [-0.4, -0.2) is 16.2 Å². The number of anilines is 1. The van der Waals surface area contributed by atoms with Crippen LogP contribution in [0.15, 0.2) is 29.0 Å². The molecule has 0 amide bonds. The molecule has 1 aliphatic rings. The molecule has 0 aliphatic heterocycles. The van der Waals surface area contributed by atoms with E-state index < -0.39 is 0 Å². The van der Waals surface area contributed by atoms with Gasteiger partial charge in [-0.25, -0.2) is 0 Å². The molecule has 1 aromatic heterocycles. The minimum atomic E-state index is 0.576. The van der Waals surface area contributed by atoms with Crippen LogP contribution in [0.1, 0.15) is 38.2 Å². The maximum absolute atomic E-state index is 5.24. The number of benzene rings is 1. The van der Waals surface area contributed by atoms with Gasteiger partial charge in [0.05, 0.1) is 0 Å². The van der Waals surface area contributed by atoms with Gasteiger partial charge in [0.25, 0.3) is 0 Å². The third kappa shape index (κ3) is 2.55. The average molecular weight is 271 g/mol. The highest BCUT2D eigenvalue weighted by atomic mass is 16.4. The molecule has 2 aromatic rings. The van der Waals surface area contributed by atoms with E-state index in [9.17, 15) is 0 Å². The lowest BCUT2D eigenvalue weighted by molar-refractivity contribution is 0.489. The van der Waals surface area contributed by atoms with Crippen LogP contribution in [0.25, 0.3) is 11.5 Å². The average Bonchev–Trinajstić information content (AvgIpc) is 3.11. The molecule has 1 fully saturated rings. The quantitative estimate of drug-likeness (QED) is 0.912. The van der Waals surface area contributed by atoms with Gasteiger partial charge >= 0.3 is 0 Å². The summed E-state index contributed by atoms with van der Waals surface area (Å²) in [6.45, 7) is 4.41. The van der Waals surface area contributed by atoms with Gasteiger partial charge < -0.3 is 9.73 Å². The molecule has 0 radical (unpaired) electrons. The first-order valence-electron chi connectivity index (χ1n) is 7.41. The molecule has 106 valence electrons. The molecule has 1 N–H and O–H groups in total. The Bertz CT molecular complexity index is 565. The molecule has 1 saturated carbocycles. The fourth-order valence-electron chi connectivity index (χ4n) is 3.17. The van der Waals surface area contributed by atoms with Gasteiger partial charge in [-0.1, -0.05) is 19.8 Å². The van der Waals surface area contributed by atoms with E-state index in [4.69, 9.17) is 4.42 Å². The van der Waals surface area contributed by atoms with E-state index in [1.807, 2.05) is 6.07 Å². The van der Waals surface area contributed by atoms with Crippen molar-refractivity contribution in [2.45, 2.75) is 45.6 Å². The monoisotopic (exact) mass is 271 g/mol. The SMILES string of the molecule is CCC1CCCC1Nc1ccc(-c2nnco2)cc1C. The van der Waals surface area contributed by atoms with Crippen molar-refractivity contribution in [1.82, 2.24) is 10.2 Å². The highest BCUT2D eigenvalue weighted by molar-refractivity contribution is 5.62. The summed E-state index contributed by atoms with van der Waals surface area (Å²) >= 11 is 0. The minimum Gasteiger partial charge on any atom is -0.423 e. The Balaban J connectivity index is 1.78. The number of hydrogen-bond donors (Lipinski definition) is 1. The van der Waals surface area contributed by atoms with Crippen LogP contribution in [0.4, 0.5) is 5.69 Å².